The van der Waals surface area contributed by atoms with Gasteiger partial charge in [0.05, 0.1) is 27.1 Å². The van der Waals surface area contributed by atoms with E-state index in [9.17, 15) is 14.4 Å². The third-order valence-corrected chi connectivity index (χ3v) is 6.29. The second-order valence-corrected chi connectivity index (χ2v) is 8.13. The molecule has 0 aromatic heterocycles. The summed E-state index contributed by atoms with van der Waals surface area (Å²) < 4.78 is 9.35. The largest absolute Gasteiger partial charge is 0.469 e. The summed E-state index contributed by atoms with van der Waals surface area (Å²) in [5.41, 5.74) is 0.650. The van der Waals surface area contributed by atoms with Crippen molar-refractivity contribution in [3.63, 3.8) is 0 Å². The number of carbonyl (C=O) groups excluding carboxylic acids is 3. The first-order valence-electron chi connectivity index (χ1n) is 8.33. The lowest BCUT2D eigenvalue weighted by Gasteiger charge is -2.08. The van der Waals surface area contributed by atoms with Crippen LogP contribution in [-0.4, -0.2) is 49.2 Å². The summed E-state index contributed by atoms with van der Waals surface area (Å²) in [7, 11) is 2.30. The molecule has 2 aromatic rings. The molecule has 0 aliphatic carbocycles. The van der Waals surface area contributed by atoms with E-state index in [4.69, 9.17) is 0 Å². The van der Waals surface area contributed by atoms with E-state index in [0.717, 1.165) is 10.8 Å². The number of fused-ring (bicyclic) bond motifs is 1. The molecular formula is C20H23O5S+. The van der Waals surface area contributed by atoms with Gasteiger partial charge in [-0.25, -0.2) is 0 Å². The van der Waals surface area contributed by atoms with Gasteiger partial charge in [-0.05, 0) is 27.7 Å². The van der Waals surface area contributed by atoms with Crippen LogP contribution in [-0.2, 0) is 30.0 Å². The third kappa shape index (κ3) is 5.88. The molecule has 0 N–H and O–H groups in total. The van der Waals surface area contributed by atoms with Crippen LogP contribution >= 0.6 is 0 Å². The van der Waals surface area contributed by atoms with E-state index in [2.05, 4.69) is 9.47 Å². The highest BCUT2D eigenvalue weighted by atomic mass is 32.2. The summed E-state index contributed by atoms with van der Waals surface area (Å²) in [4.78, 5) is 35.5. The molecule has 0 radical (unpaired) electrons. The molecular weight excluding hydrogens is 352 g/mol. The Morgan fingerprint density at radius 1 is 0.846 bits per heavy atom. The van der Waals surface area contributed by atoms with Crippen LogP contribution in [0.1, 0.15) is 23.2 Å². The monoisotopic (exact) mass is 375 g/mol. The van der Waals surface area contributed by atoms with E-state index in [1.165, 1.54) is 14.2 Å². The van der Waals surface area contributed by atoms with Gasteiger partial charge in [0.15, 0.2) is 5.75 Å². The number of hydrogen-bond acceptors (Lipinski definition) is 5. The number of carbonyl (C=O) groups is 3. The average molecular weight is 375 g/mol. The molecule has 0 amide bonds. The first-order valence-corrected chi connectivity index (χ1v) is 10.1. The third-order valence-electron chi connectivity index (χ3n) is 4.05. The van der Waals surface area contributed by atoms with E-state index < -0.39 is 0 Å². The second kappa shape index (κ2) is 9.97. The van der Waals surface area contributed by atoms with E-state index in [1.807, 2.05) is 42.5 Å². The van der Waals surface area contributed by atoms with Crippen LogP contribution in [0.25, 0.3) is 10.8 Å². The number of methoxy groups -OCH3 is 2. The van der Waals surface area contributed by atoms with Gasteiger partial charge in [-0.15, -0.1) is 0 Å². The topological polar surface area (TPSA) is 69.7 Å². The SMILES string of the molecule is COC(=O)CC[S+](CCC(=O)OC)CC(=O)c1ccc2ccccc2c1. The van der Waals surface area contributed by atoms with Crippen molar-refractivity contribution in [3.05, 3.63) is 48.0 Å². The van der Waals surface area contributed by atoms with Gasteiger partial charge in [-0.1, -0.05) is 36.4 Å². The van der Waals surface area contributed by atoms with Crippen LogP contribution < -0.4 is 0 Å². The zero-order chi connectivity index (χ0) is 18.9. The van der Waals surface area contributed by atoms with Crippen molar-refractivity contribution < 1.29 is 23.9 Å². The van der Waals surface area contributed by atoms with Gasteiger partial charge in [0, 0.05) is 5.56 Å². The van der Waals surface area contributed by atoms with Crippen LogP contribution in [0.3, 0.4) is 0 Å². The van der Waals surface area contributed by atoms with Crippen molar-refractivity contribution in [1.82, 2.24) is 0 Å². The highest BCUT2D eigenvalue weighted by Gasteiger charge is 2.26. The fourth-order valence-electron chi connectivity index (χ4n) is 2.54. The maximum absolute atomic E-state index is 12.7. The van der Waals surface area contributed by atoms with E-state index in [1.54, 1.807) is 0 Å². The van der Waals surface area contributed by atoms with Crippen molar-refractivity contribution in [2.75, 3.05) is 31.5 Å². The quantitative estimate of drug-likeness (QED) is 0.383. The Morgan fingerprint density at radius 3 is 2.00 bits per heavy atom. The number of hydrogen-bond donors (Lipinski definition) is 0. The van der Waals surface area contributed by atoms with E-state index in [-0.39, 0.29) is 41.5 Å². The predicted molar refractivity (Wildman–Crippen MR) is 104 cm³/mol. The van der Waals surface area contributed by atoms with Gasteiger partial charge >= 0.3 is 11.9 Å². The minimum Gasteiger partial charge on any atom is -0.469 e. The Bertz CT molecular complexity index is 767. The van der Waals surface area contributed by atoms with Crippen LogP contribution in [0.2, 0.25) is 0 Å². The van der Waals surface area contributed by atoms with Gasteiger partial charge < -0.3 is 9.47 Å². The molecule has 0 unspecified atom stereocenters. The molecule has 0 aliphatic rings. The molecule has 2 rings (SSSR count). The number of rotatable bonds is 9. The molecule has 0 heterocycles. The number of esters is 2. The standard InChI is InChI=1S/C20H23O5S/c1-24-19(22)9-11-26(12-10-20(23)25-2)14-18(21)17-8-7-15-5-3-4-6-16(15)13-17/h3-8,13H,9-12,14H2,1-2H3/q+1. The van der Waals surface area contributed by atoms with Crippen LogP contribution in [0.5, 0.6) is 0 Å². The Balaban J connectivity index is 2.06. The molecule has 0 bridgehead atoms. The van der Waals surface area contributed by atoms with E-state index in [0.29, 0.717) is 22.8 Å². The Labute approximate surface area is 156 Å². The van der Waals surface area contributed by atoms with Crippen molar-refractivity contribution in [3.8, 4) is 0 Å². The smallest absolute Gasteiger partial charge is 0.310 e. The zero-order valence-corrected chi connectivity index (χ0v) is 15.8. The molecule has 0 saturated heterocycles. The maximum Gasteiger partial charge on any atom is 0.310 e. The van der Waals surface area contributed by atoms with Gasteiger partial charge in [-0.2, -0.15) is 0 Å². The Hall–Kier alpha value is -2.34. The van der Waals surface area contributed by atoms with Crippen LogP contribution in [0.15, 0.2) is 42.5 Å². The lowest BCUT2D eigenvalue weighted by atomic mass is 10.1. The van der Waals surface area contributed by atoms with Gasteiger partial charge in [0.25, 0.3) is 0 Å². The molecule has 0 atom stereocenters. The number of ketones is 1. The second-order valence-electron chi connectivity index (χ2n) is 5.80. The highest BCUT2D eigenvalue weighted by Crippen LogP contribution is 2.17. The first-order chi connectivity index (χ1) is 12.5. The summed E-state index contributed by atoms with van der Waals surface area (Å²) >= 11 is 0. The summed E-state index contributed by atoms with van der Waals surface area (Å²) in [5, 5.41) is 2.10. The van der Waals surface area contributed by atoms with E-state index >= 15 is 0 Å². The maximum atomic E-state index is 12.7. The molecule has 138 valence electrons. The molecule has 2 aromatic carbocycles. The van der Waals surface area contributed by atoms with Gasteiger partial charge in [-0.3, -0.25) is 14.4 Å². The van der Waals surface area contributed by atoms with Gasteiger partial charge in [0.2, 0.25) is 5.78 Å². The number of ether oxygens (including phenoxy) is 2. The van der Waals surface area contributed by atoms with Crippen molar-refractivity contribution in [2.45, 2.75) is 12.8 Å². The van der Waals surface area contributed by atoms with Gasteiger partial charge in [0.1, 0.15) is 11.5 Å². The number of Topliss-reactive ketones (excluding diaryl/α,β-unsaturated/α-hetero) is 1. The van der Waals surface area contributed by atoms with Crippen LogP contribution in [0, 0.1) is 0 Å². The zero-order valence-electron chi connectivity index (χ0n) is 15.0. The normalized spacial score (nSPS) is 10.7. The van der Waals surface area contributed by atoms with Crippen molar-refractivity contribution in [1.29, 1.82) is 0 Å². The fourth-order valence-corrected chi connectivity index (χ4v) is 4.48. The summed E-state index contributed by atoms with van der Waals surface area (Å²) in [6, 6.07) is 13.5. The molecule has 5 nitrogen and oxygen atoms in total. The Kier molecular flexibility index (Phi) is 7.66. The lowest BCUT2D eigenvalue weighted by molar-refractivity contribution is -0.140. The summed E-state index contributed by atoms with van der Waals surface area (Å²) in [6.07, 6.45) is 0.484. The Morgan fingerprint density at radius 2 is 1.42 bits per heavy atom. The molecule has 26 heavy (non-hydrogen) atoms. The first kappa shape index (κ1) is 20.0. The molecule has 0 aliphatic heterocycles. The van der Waals surface area contributed by atoms with Crippen molar-refractivity contribution >= 4 is 39.4 Å². The van der Waals surface area contributed by atoms with Crippen LogP contribution in [0.4, 0.5) is 0 Å². The summed E-state index contributed by atoms with van der Waals surface area (Å²) in [5.74, 6) is 0.782. The molecule has 0 saturated carbocycles. The molecule has 6 heteroatoms. The minimum absolute atomic E-state index is 0.0221. The highest BCUT2D eigenvalue weighted by molar-refractivity contribution is 7.97. The summed E-state index contributed by atoms with van der Waals surface area (Å²) in [6.45, 7) is 0. The average Bonchev–Trinajstić information content (AvgIpc) is 2.68. The molecule has 0 fully saturated rings. The minimum atomic E-state index is -0.384. The van der Waals surface area contributed by atoms with Crippen molar-refractivity contribution in [2.24, 2.45) is 0 Å². The predicted octanol–water partition coefficient (Wildman–Crippen LogP) is 2.77. The lowest BCUT2D eigenvalue weighted by Crippen LogP contribution is -2.25. The fraction of sp³-hybridized carbons (Fsp3) is 0.350. The number of benzene rings is 2. The molecule has 0 spiro atoms.